The van der Waals surface area contributed by atoms with Crippen molar-refractivity contribution in [1.82, 2.24) is 0 Å². The molecular weight excluding hydrogens is 324 g/mol. The molecule has 0 aliphatic carbocycles. The highest BCUT2D eigenvalue weighted by molar-refractivity contribution is 6.06. The first-order chi connectivity index (χ1) is 11.9. The van der Waals surface area contributed by atoms with E-state index in [1.54, 1.807) is 24.3 Å². The van der Waals surface area contributed by atoms with Crippen molar-refractivity contribution in [3.8, 4) is 0 Å². The van der Waals surface area contributed by atoms with E-state index in [-0.39, 0.29) is 5.57 Å². The summed E-state index contributed by atoms with van der Waals surface area (Å²) in [6.07, 6.45) is 0.721. The molecule has 0 spiro atoms. The maximum absolute atomic E-state index is 12.0. The Morgan fingerprint density at radius 1 is 1.16 bits per heavy atom. The molecule has 1 amide bonds. The molecule has 0 atom stereocenters. The number of rotatable bonds is 9. The van der Waals surface area contributed by atoms with E-state index in [4.69, 9.17) is 4.74 Å². The van der Waals surface area contributed by atoms with E-state index < -0.39 is 17.8 Å². The molecule has 0 aliphatic heterocycles. The van der Waals surface area contributed by atoms with Crippen LogP contribution in [0.2, 0.25) is 0 Å². The number of quaternary nitrogens is 1. The molecule has 0 fully saturated rings. The molecule has 7 nitrogen and oxygen atoms in total. The number of anilines is 1. The molecule has 1 rings (SSSR count). The number of hydrogen-bond acceptors (Lipinski definition) is 5. The van der Waals surface area contributed by atoms with Crippen LogP contribution in [0.1, 0.15) is 31.1 Å². The molecule has 25 heavy (non-hydrogen) atoms. The van der Waals surface area contributed by atoms with Crippen molar-refractivity contribution in [2.75, 3.05) is 31.6 Å². The number of carbonyl (C=O) groups excluding carboxylic acids is 3. The Hall–Kier alpha value is -2.67. The van der Waals surface area contributed by atoms with Gasteiger partial charge in [0.05, 0.1) is 24.6 Å². The third-order valence-corrected chi connectivity index (χ3v) is 3.76. The van der Waals surface area contributed by atoms with Crippen molar-refractivity contribution in [3.63, 3.8) is 0 Å². The smallest absolute Gasteiger partial charge is 0.338 e. The summed E-state index contributed by atoms with van der Waals surface area (Å²) in [4.78, 5) is 35.5. The molecule has 0 aromatic heterocycles. The minimum Gasteiger partial charge on any atom is -0.545 e. The topological polar surface area (TPSA) is 100.0 Å². The second-order valence-electron chi connectivity index (χ2n) is 5.52. The van der Waals surface area contributed by atoms with Gasteiger partial charge in [-0.1, -0.05) is 0 Å². The number of carbonyl (C=O) groups is 3. The number of carboxylic acid groups (broad SMARTS) is 1. The van der Waals surface area contributed by atoms with Gasteiger partial charge in [-0.3, -0.25) is 4.79 Å². The highest BCUT2D eigenvalue weighted by Gasteiger charge is 2.10. The van der Waals surface area contributed by atoms with Crippen LogP contribution in [-0.2, 0) is 14.3 Å². The summed E-state index contributed by atoms with van der Waals surface area (Å²) < 4.78 is 5.24. The Labute approximate surface area is 147 Å². The van der Waals surface area contributed by atoms with Crippen molar-refractivity contribution >= 4 is 23.5 Å². The van der Waals surface area contributed by atoms with Gasteiger partial charge in [0.15, 0.2) is 0 Å². The van der Waals surface area contributed by atoms with Crippen molar-refractivity contribution in [2.24, 2.45) is 0 Å². The lowest BCUT2D eigenvalue weighted by Gasteiger charge is -2.15. The standard InChI is InChI=1S/C18H24N2O5/c1-4-20(5-2)10-11-25-18(24)14-6-8-15(9-7-14)19-17(23)13(3)12-16(21)22/h6-9,12H,4-5,10-11H2,1-3H3,(H,19,23)(H,21,22)/b13-12-. The summed E-state index contributed by atoms with van der Waals surface area (Å²) in [6, 6.07) is 6.19. The number of ether oxygens (including phenoxy) is 1. The van der Waals surface area contributed by atoms with Crippen molar-refractivity contribution in [2.45, 2.75) is 20.8 Å². The van der Waals surface area contributed by atoms with E-state index in [0.717, 1.165) is 25.7 Å². The minimum atomic E-state index is -1.43. The van der Waals surface area contributed by atoms with Crippen molar-refractivity contribution < 1.29 is 29.1 Å². The molecule has 2 N–H and O–H groups in total. The fourth-order valence-electron chi connectivity index (χ4n) is 2.14. The number of benzene rings is 1. The lowest BCUT2D eigenvalue weighted by molar-refractivity contribution is -0.896. The molecule has 0 unspecified atom stereocenters. The zero-order valence-corrected chi connectivity index (χ0v) is 14.8. The van der Waals surface area contributed by atoms with Crippen LogP contribution < -0.4 is 15.3 Å². The Balaban J connectivity index is 2.56. The first kappa shape index (κ1) is 20.4. The van der Waals surface area contributed by atoms with E-state index in [0.29, 0.717) is 17.9 Å². The molecular formula is C18H24N2O5. The average molecular weight is 348 g/mol. The van der Waals surface area contributed by atoms with Crippen LogP contribution in [0.15, 0.2) is 35.9 Å². The van der Waals surface area contributed by atoms with Gasteiger partial charge in [0, 0.05) is 11.3 Å². The van der Waals surface area contributed by atoms with Crippen LogP contribution in [0, 0.1) is 0 Å². The normalized spacial score (nSPS) is 11.3. The van der Waals surface area contributed by atoms with Gasteiger partial charge in [-0.2, -0.15) is 0 Å². The minimum absolute atomic E-state index is 0.0161. The molecule has 0 heterocycles. The molecule has 136 valence electrons. The van der Waals surface area contributed by atoms with Crippen LogP contribution in [0.5, 0.6) is 0 Å². The van der Waals surface area contributed by atoms with E-state index >= 15 is 0 Å². The van der Waals surface area contributed by atoms with Crippen LogP contribution in [0.3, 0.4) is 0 Å². The fourth-order valence-corrected chi connectivity index (χ4v) is 2.14. The summed E-state index contributed by atoms with van der Waals surface area (Å²) >= 11 is 0. The third kappa shape index (κ3) is 7.17. The number of aliphatic carboxylic acids is 1. The highest BCUT2D eigenvalue weighted by atomic mass is 16.5. The summed E-state index contributed by atoms with van der Waals surface area (Å²) in [5.41, 5.74) is 0.845. The molecule has 7 heteroatoms. The van der Waals surface area contributed by atoms with Gasteiger partial charge in [0.1, 0.15) is 13.2 Å². The molecule has 1 aromatic carbocycles. The average Bonchev–Trinajstić information content (AvgIpc) is 2.58. The Morgan fingerprint density at radius 3 is 2.28 bits per heavy atom. The largest absolute Gasteiger partial charge is 0.545 e. The molecule has 1 aromatic rings. The van der Waals surface area contributed by atoms with E-state index in [1.165, 1.54) is 11.8 Å². The summed E-state index contributed by atoms with van der Waals surface area (Å²) in [5, 5.41) is 13.0. The van der Waals surface area contributed by atoms with E-state index in [9.17, 15) is 19.5 Å². The van der Waals surface area contributed by atoms with Gasteiger partial charge in [-0.15, -0.1) is 0 Å². The molecule has 0 saturated heterocycles. The third-order valence-electron chi connectivity index (χ3n) is 3.76. The summed E-state index contributed by atoms with van der Waals surface area (Å²) in [6.45, 7) is 8.60. The monoisotopic (exact) mass is 348 g/mol. The number of carboxylic acids is 1. The number of amides is 1. The van der Waals surface area contributed by atoms with Crippen LogP contribution in [-0.4, -0.2) is 44.1 Å². The summed E-state index contributed by atoms with van der Waals surface area (Å²) in [7, 11) is 0. The first-order valence-corrected chi connectivity index (χ1v) is 8.18. The summed E-state index contributed by atoms with van der Waals surface area (Å²) in [5.74, 6) is -2.41. The van der Waals surface area contributed by atoms with Crippen molar-refractivity contribution in [1.29, 1.82) is 0 Å². The second-order valence-corrected chi connectivity index (χ2v) is 5.52. The maximum Gasteiger partial charge on any atom is 0.338 e. The van der Waals surface area contributed by atoms with Crippen LogP contribution >= 0.6 is 0 Å². The van der Waals surface area contributed by atoms with Gasteiger partial charge in [0.25, 0.3) is 5.91 Å². The number of nitrogens with one attached hydrogen (secondary N) is 2. The van der Waals surface area contributed by atoms with Gasteiger partial charge in [0.2, 0.25) is 0 Å². The van der Waals surface area contributed by atoms with Crippen LogP contribution in [0.25, 0.3) is 0 Å². The predicted octanol–water partition coefficient (Wildman–Crippen LogP) is -0.597. The second kappa shape index (κ2) is 10.2. The number of esters is 1. The van der Waals surface area contributed by atoms with Crippen LogP contribution in [0.4, 0.5) is 5.69 Å². The molecule has 0 aliphatic rings. The Morgan fingerprint density at radius 2 is 1.76 bits per heavy atom. The van der Waals surface area contributed by atoms with Gasteiger partial charge in [-0.25, -0.2) is 4.79 Å². The lowest BCUT2D eigenvalue weighted by Crippen LogP contribution is -3.11. The maximum atomic E-state index is 12.0. The number of hydrogen-bond donors (Lipinski definition) is 2. The van der Waals surface area contributed by atoms with E-state index in [2.05, 4.69) is 19.2 Å². The molecule has 0 radical (unpaired) electrons. The Bertz CT molecular complexity index is 633. The van der Waals surface area contributed by atoms with Gasteiger partial charge in [-0.05, 0) is 51.1 Å². The fraction of sp³-hybridized carbons (Fsp3) is 0.389. The first-order valence-electron chi connectivity index (χ1n) is 8.18. The molecule has 0 saturated carbocycles. The Kier molecular flexibility index (Phi) is 8.35. The van der Waals surface area contributed by atoms with Gasteiger partial charge >= 0.3 is 5.97 Å². The zero-order chi connectivity index (χ0) is 18.8. The quantitative estimate of drug-likeness (QED) is 0.459. The zero-order valence-electron chi connectivity index (χ0n) is 14.8. The number of likely N-dealkylation sites (N-methyl/N-ethyl adjacent to an activating group) is 1. The highest BCUT2D eigenvalue weighted by Crippen LogP contribution is 2.11. The SMILES string of the molecule is CC[NH+](CC)CCOC(=O)c1ccc(NC(=O)/C(C)=C\C(=O)[O-])cc1. The lowest BCUT2D eigenvalue weighted by atomic mass is 10.2. The van der Waals surface area contributed by atoms with Crippen molar-refractivity contribution in [3.05, 3.63) is 41.5 Å². The van der Waals surface area contributed by atoms with Gasteiger partial charge < -0.3 is 24.9 Å². The van der Waals surface area contributed by atoms with E-state index in [1.807, 2.05) is 0 Å². The molecule has 0 bridgehead atoms. The predicted molar refractivity (Wildman–Crippen MR) is 91.0 cm³/mol.